The molecule has 0 bridgehead atoms. The Labute approximate surface area is 396 Å². The maximum absolute atomic E-state index is 2.70. The Hall–Kier alpha value is -6.06. The molecule has 66 heavy (non-hydrogen) atoms. The van der Waals surface area contributed by atoms with Gasteiger partial charge in [-0.2, -0.15) is 0 Å². The van der Waals surface area contributed by atoms with E-state index in [1.807, 2.05) is 0 Å². The molecule has 0 aromatic heterocycles. The molecule has 0 saturated heterocycles. The van der Waals surface area contributed by atoms with Crippen molar-refractivity contribution < 1.29 is 0 Å². The summed E-state index contributed by atoms with van der Waals surface area (Å²) in [5.41, 5.74) is 26.2. The molecule has 3 heteroatoms. The van der Waals surface area contributed by atoms with Gasteiger partial charge < -0.3 is 14.7 Å². The number of hydrogen-bond acceptors (Lipinski definition) is 3. The number of anilines is 9. The zero-order chi connectivity index (χ0) is 47.2. The highest BCUT2D eigenvalue weighted by Gasteiger charge is 2.52. The largest absolute Gasteiger partial charge is 0.310 e. The molecule has 0 unspecified atom stereocenters. The molecule has 0 fully saturated rings. The van der Waals surface area contributed by atoms with Gasteiger partial charge in [-0.3, -0.25) is 0 Å². The predicted molar refractivity (Wildman–Crippen MR) is 283 cm³/mol. The van der Waals surface area contributed by atoms with E-state index >= 15 is 0 Å². The highest BCUT2D eigenvalue weighted by Crippen LogP contribution is 2.67. The van der Waals surface area contributed by atoms with Gasteiger partial charge in [0.05, 0.1) is 17.1 Å². The van der Waals surface area contributed by atoms with E-state index in [9.17, 15) is 0 Å². The van der Waals surface area contributed by atoms with Gasteiger partial charge in [0.15, 0.2) is 0 Å². The van der Waals surface area contributed by atoms with Gasteiger partial charge in [-0.25, -0.2) is 0 Å². The molecule has 3 nitrogen and oxygen atoms in total. The highest BCUT2D eigenvalue weighted by molar-refractivity contribution is 6.00. The van der Waals surface area contributed by atoms with Gasteiger partial charge in [-0.05, 0) is 178 Å². The SMILES string of the molecule is Cc1cc(C)cc(N(c2ccc(C(C)(C)C)cc2)c2cc3c4c(c2)C(C)(C)c2cc(N(c5ccc(C(C)(C)C)cc5)c5cc(C)cc(C)c5)cc5c2N4c2c(cccc2C5(C)C)C3(C)C)c1. The second-order valence-corrected chi connectivity index (χ2v) is 23.6. The van der Waals surface area contributed by atoms with Crippen molar-refractivity contribution in [2.24, 2.45) is 0 Å². The molecule has 0 saturated carbocycles. The molecule has 0 amide bonds. The topological polar surface area (TPSA) is 9.72 Å². The van der Waals surface area contributed by atoms with Crippen LogP contribution < -0.4 is 14.7 Å². The van der Waals surface area contributed by atoms with E-state index in [-0.39, 0.29) is 27.1 Å². The predicted octanol–water partition coefficient (Wildman–Crippen LogP) is 17.8. The van der Waals surface area contributed by atoms with Gasteiger partial charge in [-0.15, -0.1) is 0 Å². The Morgan fingerprint density at radius 1 is 0.333 bits per heavy atom. The molecular formula is C63H69N3. The first-order valence-corrected chi connectivity index (χ1v) is 24.2. The van der Waals surface area contributed by atoms with Gasteiger partial charge in [-0.1, -0.05) is 138 Å². The van der Waals surface area contributed by atoms with Gasteiger partial charge in [0.2, 0.25) is 0 Å². The molecule has 10 rings (SSSR count). The van der Waals surface area contributed by atoms with Gasteiger partial charge >= 0.3 is 0 Å². The number of para-hydroxylation sites is 1. The summed E-state index contributed by atoms with van der Waals surface area (Å²) < 4.78 is 0. The van der Waals surface area contributed by atoms with E-state index < -0.39 is 0 Å². The first-order chi connectivity index (χ1) is 30.9. The second-order valence-electron chi connectivity index (χ2n) is 23.6. The quantitative estimate of drug-likeness (QED) is 0.165. The summed E-state index contributed by atoms with van der Waals surface area (Å²) in [7, 11) is 0. The third kappa shape index (κ3) is 6.66. The summed E-state index contributed by atoms with van der Waals surface area (Å²) in [5.74, 6) is 0. The molecule has 0 atom stereocenters. The average molecular weight is 868 g/mol. The van der Waals surface area contributed by atoms with Crippen molar-refractivity contribution in [2.75, 3.05) is 14.7 Å². The van der Waals surface area contributed by atoms with Crippen molar-refractivity contribution in [3.8, 4) is 0 Å². The molecule has 336 valence electrons. The van der Waals surface area contributed by atoms with Crippen LogP contribution in [0.3, 0.4) is 0 Å². The molecule has 7 aromatic carbocycles. The molecule has 3 heterocycles. The Kier molecular flexibility index (Phi) is 9.60. The van der Waals surface area contributed by atoms with Crippen LogP contribution >= 0.6 is 0 Å². The lowest BCUT2D eigenvalue weighted by molar-refractivity contribution is 0.567. The van der Waals surface area contributed by atoms with Crippen molar-refractivity contribution in [3.05, 3.63) is 194 Å². The molecular weight excluding hydrogens is 799 g/mol. The molecule has 0 aliphatic carbocycles. The van der Waals surface area contributed by atoms with Gasteiger partial charge in [0, 0.05) is 50.4 Å². The fraction of sp³-hybridized carbons (Fsp3) is 0.333. The standard InChI is InChI=1S/C63H69N3/c1-38-28-39(2)31-46(30-38)64(44-24-20-42(21-25-44)59(5,6)7)48-34-52-57-54(36-48)63(15,16)55-37-49(35-53-58(55)66(57)56-50(61(52,11)12)18-17-19-51(56)62(53,13)14)65(47-32-40(3)29-41(4)33-47)45-26-22-43(23-27-45)60(8,9)10/h17-37H,1-16H3. The molecule has 0 spiro atoms. The highest BCUT2D eigenvalue weighted by atomic mass is 15.2. The molecule has 0 N–H and O–H groups in total. The molecule has 3 aliphatic rings. The summed E-state index contributed by atoms with van der Waals surface area (Å²) >= 11 is 0. The summed E-state index contributed by atoms with van der Waals surface area (Å²) in [4.78, 5) is 7.73. The third-order valence-electron chi connectivity index (χ3n) is 15.4. The number of hydrogen-bond donors (Lipinski definition) is 0. The normalized spacial score (nSPS) is 15.9. The van der Waals surface area contributed by atoms with Crippen molar-refractivity contribution in [1.82, 2.24) is 0 Å². The van der Waals surface area contributed by atoms with Crippen LogP contribution in [0.15, 0.2) is 127 Å². The lowest BCUT2D eigenvalue weighted by atomic mass is 9.60. The smallest absolute Gasteiger partial charge is 0.0545 e. The minimum absolute atomic E-state index is 0.0529. The van der Waals surface area contributed by atoms with Crippen LogP contribution in [0.5, 0.6) is 0 Å². The van der Waals surface area contributed by atoms with E-state index in [0.717, 1.165) is 11.4 Å². The first kappa shape index (κ1) is 43.8. The lowest BCUT2D eigenvalue weighted by Gasteiger charge is -2.55. The van der Waals surface area contributed by atoms with Crippen LogP contribution in [0.2, 0.25) is 0 Å². The average Bonchev–Trinajstić information content (AvgIpc) is 3.22. The first-order valence-electron chi connectivity index (χ1n) is 24.2. The minimum atomic E-state index is -0.374. The molecule has 0 radical (unpaired) electrons. The van der Waals surface area contributed by atoms with Crippen LogP contribution in [0, 0.1) is 27.7 Å². The van der Waals surface area contributed by atoms with Crippen LogP contribution in [0.25, 0.3) is 0 Å². The summed E-state index contributed by atoms with van der Waals surface area (Å²) in [6.07, 6.45) is 0. The Morgan fingerprint density at radius 2 is 0.606 bits per heavy atom. The zero-order valence-electron chi connectivity index (χ0n) is 42.5. The summed E-state index contributed by atoms with van der Waals surface area (Å²) in [6, 6.07) is 49.9. The van der Waals surface area contributed by atoms with E-state index in [1.54, 1.807) is 0 Å². The monoisotopic (exact) mass is 868 g/mol. The maximum atomic E-state index is 2.70. The zero-order valence-corrected chi connectivity index (χ0v) is 42.5. The molecule has 7 aromatic rings. The van der Waals surface area contributed by atoms with E-state index in [2.05, 4.69) is 253 Å². The van der Waals surface area contributed by atoms with Crippen LogP contribution in [0.4, 0.5) is 51.2 Å². The van der Waals surface area contributed by atoms with Crippen LogP contribution in [-0.2, 0) is 27.1 Å². The van der Waals surface area contributed by atoms with E-state index in [1.165, 1.54) is 107 Å². The van der Waals surface area contributed by atoms with Crippen molar-refractivity contribution in [3.63, 3.8) is 0 Å². The number of aryl methyl sites for hydroxylation is 4. The lowest BCUT2D eigenvalue weighted by Crippen LogP contribution is -2.44. The van der Waals surface area contributed by atoms with E-state index in [0.29, 0.717) is 0 Å². The Morgan fingerprint density at radius 3 is 0.909 bits per heavy atom. The van der Waals surface area contributed by atoms with Gasteiger partial charge in [0.25, 0.3) is 0 Å². The van der Waals surface area contributed by atoms with Crippen molar-refractivity contribution in [1.29, 1.82) is 0 Å². The molecule has 3 aliphatic heterocycles. The summed E-state index contributed by atoms with van der Waals surface area (Å²) in [5, 5.41) is 0. The number of rotatable bonds is 6. The van der Waals surface area contributed by atoms with Crippen molar-refractivity contribution in [2.45, 2.75) is 138 Å². The fourth-order valence-corrected chi connectivity index (χ4v) is 11.7. The number of nitrogens with zero attached hydrogens (tertiary/aromatic N) is 3. The number of benzene rings is 7. The van der Waals surface area contributed by atoms with E-state index in [4.69, 9.17) is 0 Å². The van der Waals surface area contributed by atoms with Crippen LogP contribution in [-0.4, -0.2) is 0 Å². The third-order valence-corrected chi connectivity index (χ3v) is 15.4. The van der Waals surface area contributed by atoms with Crippen molar-refractivity contribution >= 4 is 51.2 Å². The summed E-state index contributed by atoms with van der Waals surface area (Å²) in [6.45, 7) is 37.5. The fourth-order valence-electron chi connectivity index (χ4n) is 11.7. The maximum Gasteiger partial charge on any atom is 0.0545 e. The second kappa shape index (κ2) is 14.5. The minimum Gasteiger partial charge on any atom is -0.310 e. The Bertz CT molecular complexity index is 2860. The van der Waals surface area contributed by atoms with Crippen LogP contribution in [0.1, 0.15) is 150 Å². The van der Waals surface area contributed by atoms with Gasteiger partial charge in [0.1, 0.15) is 0 Å². The Balaban J connectivity index is 1.28.